The number of ether oxygens (including phenoxy) is 2. The SMILES string of the molecule is COc1ccc(COc2cc(C)ccc2F)cc1C#N. The first-order valence-electron chi connectivity index (χ1n) is 6.10. The lowest BCUT2D eigenvalue weighted by atomic mass is 10.1. The molecular formula is C16H14FNO2. The predicted molar refractivity (Wildman–Crippen MR) is 73.2 cm³/mol. The zero-order valence-electron chi connectivity index (χ0n) is 11.3. The number of halogens is 1. The van der Waals surface area contributed by atoms with E-state index in [1.807, 2.05) is 6.92 Å². The average Bonchev–Trinajstić information content (AvgIpc) is 2.47. The Morgan fingerprint density at radius 3 is 2.65 bits per heavy atom. The minimum atomic E-state index is -0.399. The lowest BCUT2D eigenvalue weighted by molar-refractivity contribution is 0.290. The Hall–Kier alpha value is -2.54. The summed E-state index contributed by atoms with van der Waals surface area (Å²) in [5.74, 6) is 0.321. The Kier molecular flexibility index (Phi) is 4.21. The van der Waals surface area contributed by atoms with E-state index in [2.05, 4.69) is 6.07 Å². The highest BCUT2D eigenvalue weighted by Crippen LogP contribution is 2.22. The van der Waals surface area contributed by atoms with Gasteiger partial charge in [0.1, 0.15) is 18.4 Å². The highest BCUT2D eigenvalue weighted by atomic mass is 19.1. The van der Waals surface area contributed by atoms with Crippen LogP contribution in [0.1, 0.15) is 16.7 Å². The van der Waals surface area contributed by atoms with Crippen molar-refractivity contribution in [3.63, 3.8) is 0 Å². The van der Waals surface area contributed by atoms with Crippen molar-refractivity contribution in [2.45, 2.75) is 13.5 Å². The molecule has 0 radical (unpaired) electrons. The van der Waals surface area contributed by atoms with Crippen molar-refractivity contribution >= 4 is 0 Å². The Morgan fingerprint density at radius 1 is 1.15 bits per heavy atom. The van der Waals surface area contributed by atoms with Gasteiger partial charge in [-0.25, -0.2) is 4.39 Å². The summed E-state index contributed by atoms with van der Waals surface area (Å²) in [7, 11) is 1.51. The fourth-order valence-electron chi connectivity index (χ4n) is 1.81. The van der Waals surface area contributed by atoms with Gasteiger partial charge in [-0.1, -0.05) is 12.1 Å². The lowest BCUT2D eigenvalue weighted by Gasteiger charge is -2.09. The van der Waals surface area contributed by atoms with Gasteiger partial charge in [0.15, 0.2) is 11.6 Å². The van der Waals surface area contributed by atoms with Crippen molar-refractivity contribution in [2.24, 2.45) is 0 Å². The van der Waals surface area contributed by atoms with E-state index in [0.29, 0.717) is 11.3 Å². The van der Waals surface area contributed by atoms with E-state index in [4.69, 9.17) is 14.7 Å². The summed E-state index contributed by atoms with van der Waals surface area (Å²) in [5.41, 5.74) is 2.13. The molecule has 0 bridgehead atoms. The Bertz CT molecular complexity index is 662. The van der Waals surface area contributed by atoms with Crippen LogP contribution in [-0.2, 0) is 6.61 Å². The maximum Gasteiger partial charge on any atom is 0.165 e. The van der Waals surface area contributed by atoms with Crippen LogP contribution in [-0.4, -0.2) is 7.11 Å². The monoisotopic (exact) mass is 271 g/mol. The molecule has 0 unspecified atom stereocenters. The van der Waals surface area contributed by atoms with Crippen LogP contribution in [0.25, 0.3) is 0 Å². The second-order valence-electron chi connectivity index (χ2n) is 4.37. The van der Waals surface area contributed by atoms with Gasteiger partial charge in [-0.15, -0.1) is 0 Å². The molecule has 2 rings (SSSR count). The van der Waals surface area contributed by atoms with Gasteiger partial charge in [0.05, 0.1) is 12.7 Å². The van der Waals surface area contributed by atoms with E-state index < -0.39 is 5.82 Å². The maximum absolute atomic E-state index is 13.5. The van der Waals surface area contributed by atoms with E-state index >= 15 is 0 Å². The fourth-order valence-corrected chi connectivity index (χ4v) is 1.81. The van der Waals surface area contributed by atoms with Gasteiger partial charge in [0.2, 0.25) is 0 Å². The lowest BCUT2D eigenvalue weighted by Crippen LogP contribution is -1.99. The van der Waals surface area contributed by atoms with E-state index in [9.17, 15) is 4.39 Å². The Morgan fingerprint density at radius 2 is 1.95 bits per heavy atom. The van der Waals surface area contributed by atoms with Crippen molar-refractivity contribution in [3.05, 3.63) is 58.9 Å². The largest absolute Gasteiger partial charge is 0.495 e. The van der Waals surface area contributed by atoms with E-state index in [1.165, 1.54) is 13.2 Å². The molecule has 0 atom stereocenters. The van der Waals surface area contributed by atoms with Gasteiger partial charge in [-0.3, -0.25) is 0 Å². The summed E-state index contributed by atoms with van der Waals surface area (Å²) in [6, 6.07) is 11.9. The number of hydrogen-bond donors (Lipinski definition) is 0. The van der Waals surface area contributed by atoms with Crippen molar-refractivity contribution in [1.29, 1.82) is 5.26 Å². The standard InChI is InChI=1S/C16H14FNO2/c1-11-3-5-14(17)16(7-11)20-10-12-4-6-15(19-2)13(8-12)9-18/h3-8H,10H2,1-2H3. The quantitative estimate of drug-likeness (QED) is 0.853. The zero-order valence-corrected chi connectivity index (χ0v) is 11.3. The molecule has 0 amide bonds. The number of nitriles is 1. The number of hydrogen-bond acceptors (Lipinski definition) is 3. The molecule has 0 aliphatic heterocycles. The van der Waals surface area contributed by atoms with Crippen LogP contribution in [0.3, 0.4) is 0 Å². The molecule has 102 valence electrons. The Labute approximate surface area is 117 Å². The second-order valence-corrected chi connectivity index (χ2v) is 4.37. The number of rotatable bonds is 4. The first-order chi connectivity index (χ1) is 9.63. The summed E-state index contributed by atoms with van der Waals surface area (Å²) in [6.45, 7) is 2.06. The van der Waals surface area contributed by atoms with Crippen molar-refractivity contribution in [1.82, 2.24) is 0 Å². The molecule has 0 N–H and O–H groups in total. The first-order valence-corrected chi connectivity index (χ1v) is 6.10. The number of aryl methyl sites for hydroxylation is 1. The predicted octanol–water partition coefficient (Wildman–Crippen LogP) is 3.59. The summed E-state index contributed by atoms with van der Waals surface area (Å²) in [4.78, 5) is 0. The summed E-state index contributed by atoms with van der Waals surface area (Å²) >= 11 is 0. The molecular weight excluding hydrogens is 257 g/mol. The van der Waals surface area contributed by atoms with Gasteiger partial charge in [0.25, 0.3) is 0 Å². The van der Waals surface area contributed by atoms with Crippen LogP contribution in [0.2, 0.25) is 0 Å². The molecule has 2 aromatic rings. The minimum Gasteiger partial charge on any atom is -0.495 e. The molecule has 0 fully saturated rings. The summed E-state index contributed by atoms with van der Waals surface area (Å²) in [6.07, 6.45) is 0. The van der Waals surface area contributed by atoms with Crippen molar-refractivity contribution in [3.8, 4) is 17.6 Å². The molecule has 3 nitrogen and oxygen atoms in total. The molecule has 0 aromatic heterocycles. The molecule has 2 aromatic carbocycles. The molecule has 0 spiro atoms. The molecule has 20 heavy (non-hydrogen) atoms. The van der Waals surface area contributed by atoms with Gasteiger partial charge >= 0.3 is 0 Å². The third-order valence-corrected chi connectivity index (χ3v) is 2.87. The Balaban J connectivity index is 2.15. The molecule has 0 heterocycles. The van der Waals surface area contributed by atoms with E-state index in [-0.39, 0.29) is 12.4 Å². The van der Waals surface area contributed by atoms with E-state index in [1.54, 1.807) is 30.3 Å². The van der Waals surface area contributed by atoms with Crippen LogP contribution in [0.4, 0.5) is 4.39 Å². The van der Waals surface area contributed by atoms with Gasteiger partial charge in [-0.2, -0.15) is 5.26 Å². The summed E-state index contributed by atoms with van der Waals surface area (Å²) in [5, 5.41) is 9.01. The number of benzene rings is 2. The third kappa shape index (κ3) is 3.07. The molecule has 4 heteroatoms. The average molecular weight is 271 g/mol. The van der Waals surface area contributed by atoms with Crippen LogP contribution < -0.4 is 9.47 Å². The zero-order chi connectivity index (χ0) is 14.5. The maximum atomic E-state index is 13.5. The molecule has 0 saturated carbocycles. The van der Waals surface area contributed by atoms with Crippen molar-refractivity contribution in [2.75, 3.05) is 7.11 Å². The van der Waals surface area contributed by atoms with E-state index in [0.717, 1.165) is 11.1 Å². The van der Waals surface area contributed by atoms with Crippen LogP contribution in [0.15, 0.2) is 36.4 Å². The minimum absolute atomic E-state index is 0.193. The highest BCUT2D eigenvalue weighted by Gasteiger charge is 2.06. The molecule has 0 aliphatic rings. The molecule has 0 saturated heterocycles. The topological polar surface area (TPSA) is 42.2 Å². The van der Waals surface area contributed by atoms with Crippen LogP contribution >= 0.6 is 0 Å². The second kappa shape index (κ2) is 6.07. The van der Waals surface area contributed by atoms with Gasteiger partial charge in [0, 0.05) is 0 Å². The van der Waals surface area contributed by atoms with Crippen LogP contribution in [0.5, 0.6) is 11.5 Å². The summed E-state index contributed by atoms with van der Waals surface area (Å²) < 4.78 is 24.1. The highest BCUT2D eigenvalue weighted by molar-refractivity contribution is 5.45. The van der Waals surface area contributed by atoms with Gasteiger partial charge in [-0.05, 0) is 42.3 Å². The molecule has 0 aliphatic carbocycles. The van der Waals surface area contributed by atoms with Crippen molar-refractivity contribution < 1.29 is 13.9 Å². The van der Waals surface area contributed by atoms with Gasteiger partial charge < -0.3 is 9.47 Å². The number of nitrogens with zero attached hydrogens (tertiary/aromatic N) is 1. The van der Waals surface area contributed by atoms with Crippen LogP contribution in [0, 0.1) is 24.1 Å². The number of methoxy groups -OCH3 is 1. The normalized spacial score (nSPS) is 9.90. The fraction of sp³-hybridized carbons (Fsp3) is 0.188. The smallest absolute Gasteiger partial charge is 0.165 e. The first kappa shape index (κ1) is 13.9. The third-order valence-electron chi connectivity index (χ3n) is 2.87.